The molecule has 2 rings (SSSR count). The largest absolute Gasteiger partial charge is 0.480 e. The third-order valence-electron chi connectivity index (χ3n) is 3.04. The second kappa shape index (κ2) is 3.63. The first-order valence-corrected chi connectivity index (χ1v) is 5.13. The molecule has 1 aliphatic heterocycles. The van der Waals surface area contributed by atoms with Crippen LogP contribution >= 0.6 is 0 Å². The minimum Gasteiger partial charge on any atom is -0.480 e. The summed E-state index contributed by atoms with van der Waals surface area (Å²) in [6.45, 7) is 3.82. The van der Waals surface area contributed by atoms with Gasteiger partial charge in [0.2, 0.25) is 0 Å². The maximum Gasteiger partial charge on any atom is 0.326 e. The highest BCUT2D eigenvalue weighted by atomic mass is 16.4. The first-order valence-electron chi connectivity index (χ1n) is 5.13. The van der Waals surface area contributed by atoms with Gasteiger partial charge in [-0.25, -0.2) is 4.79 Å². The van der Waals surface area contributed by atoms with E-state index in [0.29, 0.717) is 11.3 Å². The van der Waals surface area contributed by atoms with Crippen LogP contribution in [0.3, 0.4) is 0 Å². The first-order chi connectivity index (χ1) is 7.50. The smallest absolute Gasteiger partial charge is 0.326 e. The Morgan fingerprint density at radius 1 is 1.44 bits per heavy atom. The summed E-state index contributed by atoms with van der Waals surface area (Å²) in [6.07, 6.45) is 0.0187. The Morgan fingerprint density at radius 2 is 2.12 bits per heavy atom. The number of nitrogens with one attached hydrogen (secondary N) is 1. The van der Waals surface area contributed by atoms with Crippen molar-refractivity contribution in [3.63, 3.8) is 0 Å². The summed E-state index contributed by atoms with van der Waals surface area (Å²) in [7, 11) is 0. The van der Waals surface area contributed by atoms with Crippen LogP contribution in [0.15, 0.2) is 12.1 Å². The maximum atomic E-state index is 11.8. The highest BCUT2D eigenvalue weighted by Gasteiger charge is 2.30. The molecule has 0 spiro atoms. The van der Waals surface area contributed by atoms with Gasteiger partial charge in [-0.05, 0) is 31.0 Å². The zero-order valence-corrected chi connectivity index (χ0v) is 9.20. The Labute approximate surface area is 93.3 Å². The number of aliphatic carboxylic acids is 1. The lowest BCUT2D eigenvalue weighted by molar-refractivity contribution is -0.137. The number of Topliss-reactive ketones (excluding diaryl/α,β-unsaturated/α-hetero) is 1. The lowest BCUT2D eigenvalue weighted by Gasteiger charge is -2.25. The first kappa shape index (κ1) is 10.7. The van der Waals surface area contributed by atoms with Gasteiger partial charge in [-0.1, -0.05) is 6.07 Å². The Bertz CT molecular complexity index is 479. The van der Waals surface area contributed by atoms with Crippen LogP contribution in [0.1, 0.15) is 27.9 Å². The molecular formula is C12H13NO3. The van der Waals surface area contributed by atoms with Crippen molar-refractivity contribution in [1.82, 2.24) is 0 Å². The number of rotatable bonds is 1. The maximum absolute atomic E-state index is 11.8. The van der Waals surface area contributed by atoms with Crippen LogP contribution in [0.25, 0.3) is 0 Å². The average Bonchev–Trinajstić information content (AvgIpc) is 2.23. The summed E-state index contributed by atoms with van der Waals surface area (Å²) in [6, 6.07) is 2.83. The monoisotopic (exact) mass is 219 g/mol. The minimum atomic E-state index is -0.986. The van der Waals surface area contributed by atoms with Gasteiger partial charge < -0.3 is 10.4 Å². The summed E-state index contributed by atoms with van der Waals surface area (Å²) in [4.78, 5) is 22.7. The third-order valence-corrected chi connectivity index (χ3v) is 3.04. The molecule has 1 aromatic carbocycles. The molecule has 0 radical (unpaired) electrons. The number of ketones is 1. The molecule has 1 atom stereocenters. The molecule has 4 heteroatoms. The van der Waals surface area contributed by atoms with Crippen LogP contribution in [0, 0.1) is 13.8 Å². The molecule has 1 aliphatic rings. The van der Waals surface area contributed by atoms with Gasteiger partial charge in [0.25, 0.3) is 0 Å². The van der Waals surface area contributed by atoms with E-state index >= 15 is 0 Å². The molecular weight excluding hydrogens is 206 g/mol. The fourth-order valence-corrected chi connectivity index (χ4v) is 1.90. The molecule has 0 aromatic heterocycles. The summed E-state index contributed by atoms with van der Waals surface area (Å²) in [5, 5.41) is 11.8. The molecule has 0 amide bonds. The number of hydrogen-bond acceptors (Lipinski definition) is 3. The zero-order valence-electron chi connectivity index (χ0n) is 9.20. The third kappa shape index (κ3) is 1.56. The van der Waals surface area contributed by atoms with Gasteiger partial charge >= 0.3 is 5.97 Å². The van der Waals surface area contributed by atoms with Crippen LogP contribution in [0.5, 0.6) is 0 Å². The highest BCUT2D eigenvalue weighted by Crippen LogP contribution is 2.30. The normalized spacial score (nSPS) is 18.9. The van der Waals surface area contributed by atoms with Gasteiger partial charge in [-0.15, -0.1) is 0 Å². The van der Waals surface area contributed by atoms with Crippen molar-refractivity contribution in [2.75, 3.05) is 5.32 Å². The predicted octanol–water partition coefficient (Wildman–Crippen LogP) is 1.75. The van der Waals surface area contributed by atoms with Crippen LogP contribution in [0.4, 0.5) is 5.69 Å². The fraction of sp³-hybridized carbons (Fsp3) is 0.333. The van der Waals surface area contributed by atoms with Crippen molar-refractivity contribution in [3.05, 3.63) is 28.8 Å². The molecule has 0 bridgehead atoms. The summed E-state index contributed by atoms with van der Waals surface area (Å²) in [5.41, 5.74) is 3.26. The van der Waals surface area contributed by atoms with Gasteiger partial charge in [0.1, 0.15) is 6.04 Å². The van der Waals surface area contributed by atoms with E-state index in [0.717, 1.165) is 11.1 Å². The molecule has 1 unspecified atom stereocenters. The highest BCUT2D eigenvalue weighted by molar-refractivity contribution is 6.07. The predicted molar refractivity (Wildman–Crippen MR) is 59.9 cm³/mol. The summed E-state index contributed by atoms with van der Waals surface area (Å²) < 4.78 is 0. The molecule has 1 heterocycles. The molecule has 0 fully saturated rings. The number of hydrogen-bond donors (Lipinski definition) is 2. The second-order valence-corrected chi connectivity index (χ2v) is 4.09. The number of anilines is 1. The standard InChI is InChI=1S/C12H13NO3/c1-6-3-4-8-10(14)5-9(12(15)16)13-11(8)7(6)2/h3-4,9,13H,5H2,1-2H3,(H,15,16). The molecule has 0 aliphatic carbocycles. The van der Waals surface area contributed by atoms with Crippen LogP contribution < -0.4 is 5.32 Å². The van der Waals surface area contributed by atoms with Crippen LogP contribution in [0.2, 0.25) is 0 Å². The molecule has 2 N–H and O–H groups in total. The number of carbonyl (C=O) groups excluding carboxylic acids is 1. The number of carbonyl (C=O) groups is 2. The van der Waals surface area contributed by atoms with E-state index in [9.17, 15) is 9.59 Å². The van der Waals surface area contributed by atoms with Crippen LogP contribution in [-0.2, 0) is 4.79 Å². The minimum absolute atomic E-state index is 0.0187. The van der Waals surface area contributed by atoms with Gasteiger partial charge in [0.05, 0.1) is 0 Å². The van der Waals surface area contributed by atoms with Crippen molar-refractivity contribution in [2.24, 2.45) is 0 Å². The summed E-state index contributed by atoms with van der Waals surface area (Å²) >= 11 is 0. The molecule has 84 valence electrons. The zero-order chi connectivity index (χ0) is 11.9. The molecule has 0 saturated heterocycles. The molecule has 16 heavy (non-hydrogen) atoms. The van der Waals surface area contributed by atoms with Crippen molar-refractivity contribution < 1.29 is 14.7 Å². The number of fused-ring (bicyclic) bond motifs is 1. The average molecular weight is 219 g/mol. The Hall–Kier alpha value is -1.84. The van der Waals surface area contributed by atoms with Gasteiger partial charge in [0, 0.05) is 17.7 Å². The van der Waals surface area contributed by atoms with Crippen molar-refractivity contribution in [1.29, 1.82) is 0 Å². The van der Waals surface area contributed by atoms with E-state index < -0.39 is 12.0 Å². The van der Waals surface area contributed by atoms with Gasteiger partial charge in [-0.3, -0.25) is 4.79 Å². The SMILES string of the molecule is Cc1ccc2c(c1C)NC(C(=O)O)CC2=O. The van der Waals surface area contributed by atoms with E-state index in [4.69, 9.17) is 5.11 Å². The van der Waals surface area contributed by atoms with E-state index in [-0.39, 0.29) is 12.2 Å². The van der Waals surface area contributed by atoms with Crippen molar-refractivity contribution in [2.45, 2.75) is 26.3 Å². The van der Waals surface area contributed by atoms with Gasteiger partial charge in [-0.2, -0.15) is 0 Å². The number of aryl methyl sites for hydroxylation is 1. The molecule has 0 saturated carbocycles. The Morgan fingerprint density at radius 3 is 2.75 bits per heavy atom. The second-order valence-electron chi connectivity index (χ2n) is 4.09. The Balaban J connectivity index is 2.51. The summed E-state index contributed by atoms with van der Waals surface area (Å²) in [5.74, 6) is -1.09. The lowest BCUT2D eigenvalue weighted by Crippen LogP contribution is -2.36. The lowest BCUT2D eigenvalue weighted by atomic mass is 9.92. The number of benzene rings is 1. The Kier molecular flexibility index (Phi) is 2.42. The number of carboxylic acids is 1. The van der Waals surface area contributed by atoms with Crippen LogP contribution in [-0.4, -0.2) is 22.9 Å². The van der Waals surface area contributed by atoms with E-state index in [1.807, 2.05) is 19.9 Å². The van der Waals surface area contributed by atoms with E-state index in [1.165, 1.54) is 0 Å². The topological polar surface area (TPSA) is 66.4 Å². The van der Waals surface area contributed by atoms with Crippen molar-refractivity contribution in [3.8, 4) is 0 Å². The number of carboxylic acid groups (broad SMARTS) is 1. The quantitative estimate of drug-likeness (QED) is 0.755. The molecule has 1 aromatic rings. The molecule has 4 nitrogen and oxygen atoms in total. The van der Waals surface area contributed by atoms with Gasteiger partial charge in [0.15, 0.2) is 5.78 Å². The van der Waals surface area contributed by atoms with E-state index in [2.05, 4.69) is 5.32 Å². The van der Waals surface area contributed by atoms with E-state index in [1.54, 1.807) is 6.07 Å². The van der Waals surface area contributed by atoms with Crippen molar-refractivity contribution >= 4 is 17.4 Å². The fourth-order valence-electron chi connectivity index (χ4n) is 1.90.